The van der Waals surface area contributed by atoms with E-state index in [0.717, 1.165) is 16.7 Å². The van der Waals surface area contributed by atoms with Gasteiger partial charge in [0.1, 0.15) is 17.2 Å². The predicted molar refractivity (Wildman–Crippen MR) is 128 cm³/mol. The van der Waals surface area contributed by atoms with Crippen molar-refractivity contribution in [1.82, 2.24) is 4.90 Å². The molecular weight excluding hydrogens is 416 g/mol. The summed E-state index contributed by atoms with van der Waals surface area (Å²) in [7, 11) is 3.12. The van der Waals surface area contributed by atoms with Gasteiger partial charge < -0.3 is 14.8 Å². The van der Waals surface area contributed by atoms with Gasteiger partial charge in [-0.25, -0.2) is 0 Å². The Bertz CT molecular complexity index is 1230. The van der Waals surface area contributed by atoms with E-state index in [9.17, 15) is 9.59 Å². The minimum atomic E-state index is -0.376. The SMILES string of the molecule is COc1cc(NC2=C(c3ccc(C)c(C)c3)C(=O)N(Cc3ccccc3)C2=O)cc(OC)c1. The molecular formula is C27H26N2O4. The van der Waals surface area contributed by atoms with Crippen molar-refractivity contribution in [3.63, 3.8) is 0 Å². The van der Waals surface area contributed by atoms with Crippen molar-refractivity contribution in [1.29, 1.82) is 0 Å². The van der Waals surface area contributed by atoms with Crippen molar-refractivity contribution in [2.75, 3.05) is 19.5 Å². The summed E-state index contributed by atoms with van der Waals surface area (Å²) in [6, 6.07) is 20.5. The van der Waals surface area contributed by atoms with E-state index in [1.54, 1.807) is 32.4 Å². The molecule has 1 aliphatic rings. The maximum absolute atomic E-state index is 13.5. The molecule has 1 heterocycles. The molecule has 3 aromatic rings. The molecule has 0 saturated heterocycles. The van der Waals surface area contributed by atoms with Crippen LogP contribution in [0.25, 0.3) is 5.57 Å². The van der Waals surface area contributed by atoms with E-state index in [-0.39, 0.29) is 24.1 Å². The summed E-state index contributed by atoms with van der Waals surface area (Å²) in [6.07, 6.45) is 0. The predicted octanol–water partition coefficient (Wildman–Crippen LogP) is 4.71. The van der Waals surface area contributed by atoms with Crippen LogP contribution in [-0.2, 0) is 16.1 Å². The fourth-order valence-electron chi connectivity index (χ4n) is 3.79. The van der Waals surface area contributed by atoms with Crippen LogP contribution in [0.2, 0.25) is 0 Å². The van der Waals surface area contributed by atoms with E-state index >= 15 is 0 Å². The number of hydrogen-bond donors (Lipinski definition) is 1. The summed E-state index contributed by atoms with van der Waals surface area (Å²) in [4.78, 5) is 28.3. The van der Waals surface area contributed by atoms with Crippen LogP contribution in [0.15, 0.2) is 72.4 Å². The molecule has 0 atom stereocenters. The van der Waals surface area contributed by atoms with E-state index in [2.05, 4.69) is 5.32 Å². The van der Waals surface area contributed by atoms with Gasteiger partial charge in [0.05, 0.1) is 26.3 Å². The van der Waals surface area contributed by atoms with E-state index in [4.69, 9.17) is 9.47 Å². The number of benzene rings is 3. The van der Waals surface area contributed by atoms with Crippen LogP contribution < -0.4 is 14.8 Å². The van der Waals surface area contributed by atoms with Gasteiger partial charge in [0.15, 0.2) is 0 Å². The molecule has 3 aromatic carbocycles. The summed E-state index contributed by atoms with van der Waals surface area (Å²) < 4.78 is 10.7. The van der Waals surface area contributed by atoms with Gasteiger partial charge in [-0.05, 0) is 36.1 Å². The number of amides is 2. The average Bonchev–Trinajstić information content (AvgIpc) is 3.05. The van der Waals surface area contributed by atoms with Gasteiger partial charge in [-0.1, -0.05) is 48.5 Å². The highest BCUT2D eigenvalue weighted by molar-refractivity contribution is 6.36. The zero-order chi connectivity index (χ0) is 23.5. The van der Waals surface area contributed by atoms with Crippen molar-refractivity contribution in [2.24, 2.45) is 0 Å². The Balaban J connectivity index is 1.79. The third kappa shape index (κ3) is 4.46. The first-order valence-corrected chi connectivity index (χ1v) is 10.6. The number of carbonyl (C=O) groups is 2. The highest BCUT2D eigenvalue weighted by atomic mass is 16.5. The number of carbonyl (C=O) groups excluding carboxylic acids is 2. The molecule has 0 spiro atoms. The normalized spacial score (nSPS) is 13.5. The van der Waals surface area contributed by atoms with Gasteiger partial charge in [0, 0.05) is 23.9 Å². The van der Waals surface area contributed by atoms with Crippen LogP contribution in [0.5, 0.6) is 11.5 Å². The first-order chi connectivity index (χ1) is 15.9. The second kappa shape index (κ2) is 9.20. The van der Waals surface area contributed by atoms with Crippen LogP contribution >= 0.6 is 0 Å². The fraction of sp³-hybridized carbons (Fsp3) is 0.185. The topological polar surface area (TPSA) is 67.9 Å². The van der Waals surface area contributed by atoms with Gasteiger partial charge >= 0.3 is 0 Å². The number of methoxy groups -OCH3 is 2. The van der Waals surface area contributed by atoms with Gasteiger partial charge in [-0.3, -0.25) is 14.5 Å². The van der Waals surface area contributed by atoms with Crippen molar-refractivity contribution < 1.29 is 19.1 Å². The summed E-state index contributed by atoms with van der Waals surface area (Å²) in [5.41, 5.74) is 4.90. The molecule has 0 bridgehead atoms. The highest BCUT2D eigenvalue weighted by Gasteiger charge is 2.39. The highest BCUT2D eigenvalue weighted by Crippen LogP contribution is 2.34. The van der Waals surface area contributed by atoms with Gasteiger partial charge in [0.25, 0.3) is 11.8 Å². The molecule has 2 amide bonds. The summed E-state index contributed by atoms with van der Waals surface area (Å²) in [6.45, 7) is 4.19. The first-order valence-electron chi connectivity index (χ1n) is 10.6. The molecule has 1 aliphatic heterocycles. The maximum Gasteiger partial charge on any atom is 0.278 e. The van der Waals surface area contributed by atoms with Crippen LogP contribution in [0.1, 0.15) is 22.3 Å². The lowest BCUT2D eigenvalue weighted by Crippen LogP contribution is -2.32. The van der Waals surface area contributed by atoms with Gasteiger partial charge in [0.2, 0.25) is 0 Å². The Labute approximate surface area is 193 Å². The Kier molecular flexibility index (Phi) is 6.18. The minimum absolute atomic E-state index is 0.194. The Hall–Kier alpha value is -4.06. The molecule has 33 heavy (non-hydrogen) atoms. The largest absolute Gasteiger partial charge is 0.497 e. The summed E-state index contributed by atoms with van der Waals surface area (Å²) in [5.74, 6) is 0.439. The Morgan fingerprint density at radius 1 is 0.788 bits per heavy atom. The first kappa shape index (κ1) is 22.1. The number of nitrogens with zero attached hydrogens (tertiary/aromatic N) is 1. The molecule has 168 valence electrons. The Morgan fingerprint density at radius 3 is 2.06 bits per heavy atom. The van der Waals surface area contributed by atoms with Crippen LogP contribution in [0.4, 0.5) is 5.69 Å². The lowest BCUT2D eigenvalue weighted by molar-refractivity contribution is -0.137. The van der Waals surface area contributed by atoms with E-state index in [1.165, 1.54) is 4.90 Å². The molecule has 0 radical (unpaired) electrons. The fourth-order valence-corrected chi connectivity index (χ4v) is 3.79. The third-order valence-corrected chi connectivity index (χ3v) is 5.77. The van der Waals surface area contributed by atoms with E-state index < -0.39 is 0 Å². The number of rotatable bonds is 7. The van der Waals surface area contributed by atoms with Gasteiger partial charge in [-0.15, -0.1) is 0 Å². The second-order valence-corrected chi connectivity index (χ2v) is 7.96. The molecule has 0 unspecified atom stereocenters. The Morgan fingerprint density at radius 2 is 1.45 bits per heavy atom. The van der Waals surface area contributed by atoms with E-state index in [1.807, 2.05) is 62.4 Å². The number of aryl methyl sites for hydroxylation is 2. The van der Waals surface area contributed by atoms with Crippen molar-refractivity contribution >= 4 is 23.1 Å². The summed E-state index contributed by atoms with van der Waals surface area (Å²) in [5, 5.41) is 3.18. The van der Waals surface area contributed by atoms with Crippen molar-refractivity contribution in [3.05, 3.63) is 94.7 Å². The number of imide groups is 1. The second-order valence-electron chi connectivity index (χ2n) is 7.96. The average molecular weight is 443 g/mol. The van der Waals surface area contributed by atoms with E-state index in [0.29, 0.717) is 28.3 Å². The number of nitrogens with one attached hydrogen (secondary N) is 1. The standard InChI is InChI=1S/C27H26N2O4/c1-17-10-11-20(12-18(17)2)24-25(28-21-13-22(32-3)15-23(14-21)33-4)27(31)29(26(24)30)16-19-8-6-5-7-9-19/h5-15,28H,16H2,1-4H3. The number of ether oxygens (including phenoxy) is 2. The maximum atomic E-state index is 13.5. The van der Waals surface area contributed by atoms with Crippen molar-refractivity contribution in [3.8, 4) is 11.5 Å². The number of hydrogen-bond acceptors (Lipinski definition) is 5. The molecule has 6 heteroatoms. The van der Waals surface area contributed by atoms with Crippen LogP contribution in [-0.4, -0.2) is 30.9 Å². The zero-order valence-corrected chi connectivity index (χ0v) is 19.1. The molecule has 0 aliphatic carbocycles. The molecule has 1 N–H and O–H groups in total. The lowest BCUT2D eigenvalue weighted by atomic mass is 9.99. The summed E-state index contributed by atoms with van der Waals surface area (Å²) >= 11 is 0. The quantitative estimate of drug-likeness (QED) is 0.537. The molecule has 6 nitrogen and oxygen atoms in total. The minimum Gasteiger partial charge on any atom is -0.497 e. The smallest absolute Gasteiger partial charge is 0.278 e. The van der Waals surface area contributed by atoms with Crippen LogP contribution in [0.3, 0.4) is 0 Å². The molecule has 0 fully saturated rings. The van der Waals surface area contributed by atoms with Crippen LogP contribution in [0, 0.1) is 13.8 Å². The van der Waals surface area contributed by atoms with Crippen molar-refractivity contribution in [2.45, 2.75) is 20.4 Å². The molecule has 0 aromatic heterocycles. The molecule has 4 rings (SSSR count). The monoisotopic (exact) mass is 442 g/mol. The lowest BCUT2D eigenvalue weighted by Gasteiger charge is -2.16. The van der Waals surface area contributed by atoms with Gasteiger partial charge in [-0.2, -0.15) is 0 Å². The molecule has 0 saturated carbocycles. The third-order valence-electron chi connectivity index (χ3n) is 5.77. The zero-order valence-electron chi connectivity index (χ0n) is 19.1. The number of anilines is 1.